The van der Waals surface area contributed by atoms with E-state index in [0.717, 1.165) is 16.7 Å². The number of rotatable bonds is 7. The smallest absolute Gasteiger partial charge is 0.352 e. The van der Waals surface area contributed by atoms with Crippen LogP contribution in [-0.2, 0) is 17.9 Å². The highest BCUT2D eigenvalue weighted by molar-refractivity contribution is 5.98. The van der Waals surface area contributed by atoms with Crippen LogP contribution in [0.4, 0.5) is 0 Å². The van der Waals surface area contributed by atoms with E-state index >= 15 is 0 Å². The summed E-state index contributed by atoms with van der Waals surface area (Å²) in [7, 11) is 0. The van der Waals surface area contributed by atoms with E-state index in [-0.39, 0.29) is 40.7 Å². The molecule has 0 aliphatic carbocycles. The maximum Gasteiger partial charge on any atom is 0.352 e. The average molecular weight is 448 g/mol. The van der Waals surface area contributed by atoms with Crippen molar-refractivity contribution < 1.29 is 9.59 Å². The topological polar surface area (TPSA) is 133 Å². The number of amides is 2. The largest absolute Gasteiger partial charge is 0.368 e. The molecule has 3 N–H and O–H groups in total. The van der Waals surface area contributed by atoms with Crippen LogP contribution in [0, 0.1) is 0 Å². The lowest BCUT2D eigenvalue weighted by molar-refractivity contribution is -0.118. The van der Waals surface area contributed by atoms with Crippen LogP contribution < -0.4 is 22.3 Å². The molecule has 0 bridgehead atoms. The molecule has 0 saturated carbocycles. The van der Waals surface area contributed by atoms with E-state index in [9.17, 15) is 19.2 Å². The van der Waals surface area contributed by atoms with Crippen LogP contribution >= 0.6 is 0 Å². The molecule has 0 fully saturated rings. The Labute approximate surface area is 188 Å². The Morgan fingerprint density at radius 2 is 1.85 bits per heavy atom. The summed E-state index contributed by atoms with van der Waals surface area (Å²) < 4.78 is 3.53. The molecule has 0 aliphatic heterocycles. The molecule has 0 radical (unpaired) electrons. The highest BCUT2D eigenvalue weighted by atomic mass is 16.2. The lowest BCUT2D eigenvalue weighted by atomic mass is 10.1. The fourth-order valence-electron chi connectivity index (χ4n) is 3.63. The van der Waals surface area contributed by atoms with Crippen molar-refractivity contribution in [3.8, 4) is 0 Å². The number of benzene rings is 2. The van der Waals surface area contributed by atoms with E-state index < -0.39 is 18.1 Å². The van der Waals surface area contributed by atoms with Gasteiger partial charge >= 0.3 is 5.69 Å². The fraction of sp³-hybridized carbons (Fsp3) is 0.261. The molecule has 4 rings (SSSR count). The molecule has 10 nitrogen and oxygen atoms in total. The summed E-state index contributed by atoms with van der Waals surface area (Å²) >= 11 is 0. The zero-order valence-corrected chi connectivity index (χ0v) is 18.3. The van der Waals surface area contributed by atoms with Crippen LogP contribution in [0.3, 0.4) is 0 Å². The average Bonchev–Trinajstić information content (AvgIpc) is 3.12. The molecule has 0 spiro atoms. The van der Waals surface area contributed by atoms with Gasteiger partial charge in [0.1, 0.15) is 6.54 Å². The van der Waals surface area contributed by atoms with Gasteiger partial charge in [-0.1, -0.05) is 37.3 Å². The van der Waals surface area contributed by atoms with Crippen molar-refractivity contribution in [2.45, 2.75) is 39.4 Å². The molecule has 33 heavy (non-hydrogen) atoms. The number of carbonyl (C=O) groups excluding carboxylic acids is 2. The van der Waals surface area contributed by atoms with Crippen LogP contribution in [0.15, 0.2) is 58.1 Å². The molecule has 1 unspecified atom stereocenters. The van der Waals surface area contributed by atoms with Crippen molar-refractivity contribution in [1.82, 2.24) is 24.1 Å². The van der Waals surface area contributed by atoms with Crippen molar-refractivity contribution in [2.75, 3.05) is 0 Å². The van der Waals surface area contributed by atoms with Gasteiger partial charge in [0, 0.05) is 11.6 Å². The Bertz CT molecular complexity index is 1480. The van der Waals surface area contributed by atoms with Crippen LogP contribution in [0.1, 0.15) is 36.2 Å². The predicted molar refractivity (Wildman–Crippen MR) is 123 cm³/mol. The van der Waals surface area contributed by atoms with Crippen LogP contribution in [-0.4, -0.2) is 36.6 Å². The highest BCUT2D eigenvalue weighted by Gasteiger charge is 2.20. The maximum absolute atomic E-state index is 13.4. The summed E-state index contributed by atoms with van der Waals surface area (Å²) in [4.78, 5) is 50.7. The summed E-state index contributed by atoms with van der Waals surface area (Å²) in [6.45, 7) is 3.58. The minimum Gasteiger partial charge on any atom is -0.368 e. The standard InChI is InChI=1S/C23H24N6O4/c1-3-14(2)25-20(31)16-9-10-17-18(11-16)29-22(26-28(23(29)33)13-19(24)30)27(21(17)32)12-15-7-5-4-6-8-15/h4-11,14H,3,12-13H2,1-2H3,(H2,24,30)(H,25,31). The molecule has 170 valence electrons. The van der Waals surface area contributed by atoms with Gasteiger partial charge < -0.3 is 11.1 Å². The van der Waals surface area contributed by atoms with Crippen LogP contribution in [0.2, 0.25) is 0 Å². The molecule has 0 aliphatic rings. The number of hydrogen-bond donors (Lipinski definition) is 2. The monoisotopic (exact) mass is 448 g/mol. The van der Waals surface area contributed by atoms with Gasteiger partial charge in [0.05, 0.1) is 17.4 Å². The van der Waals surface area contributed by atoms with E-state index in [2.05, 4.69) is 10.4 Å². The first-order valence-corrected chi connectivity index (χ1v) is 10.6. The highest BCUT2D eigenvalue weighted by Crippen LogP contribution is 2.15. The first-order valence-electron chi connectivity index (χ1n) is 10.6. The Morgan fingerprint density at radius 1 is 1.12 bits per heavy atom. The number of nitrogens with one attached hydrogen (secondary N) is 1. The lowest BCUT2D eigenvalue weighted by Gasteiger charge is -2.13. The second-order valence-corrected chi connectivity index (χ2v) is 7.93. The van der Waals surface area contributed by atoms with Gasteiger partial charge in [-0.3, -0.25) is 19.0 Å². The zero-order chi connectivity index (χ0) is 23.7. The molecule has 10 heteroatoms. The number of aromatic nitrogens is 4. The fourth-order valence-corrected chi connectivity index (χ4v) is 3.63. The summed E-state index contributed by atoms with van der Waals surface area (Å²) in [6.07, 6.45) is 0.757. The number of carbonyl (C=O) groups is 2. The molecule has 2 heterocycles. The first-order chi connectivity index (χ1) is 15.8. The first kappa shape index (κ1) is 22.0. The zero-order valence-electron chi connectivity index (χ0n) is 18.3. The summed E-state index contributed by atoms with van der Waals surface area (Å²) in [5.41, 5.74) is 5.65. The number of nitrogens with two attached hydrogens (primary N) is 1. The Morgan fingerprint density at radius 3 is 2.52 bits per heavy atom. The van der Waals surface area contributed by atoms with Gasteiger partial charge in [0.2, 0.25) is 11.7 Å². The van der Waals surface area contributed by atoms with Crippen molar-refractivity contribution in [3.05, 3.63) is 80.5 Å². The number of hydrogen-bond acceptors (Lipinski definition) is 5. The van der Waals surface area contributed by atoms with Crippen LogP contribution in [0.5, 0.6) is 0 Å². The van der Waals surface area contributed by atoms with Gasteiger partial charge in [-0.25, -0.2) is 13.9 Å². The van der Waals surface area contributed by atoms with Gasteiger partial charge in [-0.2, -0.15) is 0 Å². The van der Waals surface area contributed by atoms with Crippen molar-refractivity contribution >= 4 is 28.5 Å². The SMILES string of the molecule is CCC(C)NC(=O)c1ccc2c(=O)n(Cc3ccccc3)c3nn(CC(N)=O)c(=O)n3c2c1. The summed E-state index contributed by atoms with van der Waals surface area (Å²) in [6, 6.07) is 13.8. The quantitative estimate of drug-likeness (QED) is 0.433. The molecule has 1 atom stereocenters. The minimum absolute atomic E-state index is 0.0341. The Balaban J connectivity index is 1.99. The third-order valence-corrected chi connectivity index (χ3v) is 5.52. The van der Waals surface area contributed by atoms with Gasteiger partial charge in [-0.15, -0.1) is 5.10 Å². The van der Waals surface area contributed by atoms with E-state index in [0.29, 0.717) is 5.56 Å². The third kappa shape index (κ3) is 4.14. The lowest BCUT2D eigenvalue weighted by Crippen LogP contribution is -2.32. The van der Waals surface area contributed by atoms with E-state index in [1.807, 2.05) is 44.2 Å². The molecular formula is C23H24N6O4. The Hall–Kier alpha value is -4.21. The minimum atomic E-state index is -0.740. The summed E-state index contributed by atoms with van der Waals surface area (Å²) in [5, 5.41) is 7.35. The van der Waals surface area contributed by atoms with Gasteiger partial charge in [-0.05, 0) is 37.1 Å². The number of primary amides is 1. The van der Waals surface area contributed by atoms with Crippen molar-refractivity contribution in [3.63, 3.8) is 0 Å². The number of fused-ring (bicyclic) bond motifs is 3. The van der Waals surface area contributed by atoms with Crippen molar-refractivity contribution in [1.29, 1.82) is 0 Å². The van der Waals surface area contributed by atoms with E-state index in [4.69, 9.17) is 5.73 Å². The second-order valence-electron chi connectivity index (χ2n) is 7.93. The molecule has 2 aromatic carbocycles. The number of nitrogens with zero attached hydrogens (tertiary/aromatic N) is 4. The third-order valence-electron chi connectivity index (χ3n) is 5.52. The van der Waals surface area contributed by atoms with Crippen LogP contribution in [0.25, 0.3) is 16.7 Å². The van der Waals surface area contributed by atoms with Crippen molar-refractivity contribution in [2.24, 2.45) is 5.73 Å². The molecule has 2 amide bonds. The summed E-state index contributed by atoms with van der Waals surface area (Å²) in [5.74, 6) is -0.997. The second kappa shape index (κ2) is 8.73. The molecule has 2 aromatic heterocycles. The van der Waals surface area contributed by atoms with E-state index in [1.54, 1.807) is 6.07 Å². The van der Waals surface area contributed by atoms with Gasteiger partial charge in [0.25, 0.3) is 11.5 Å². The normalized spacial score (nSPS) is 12.2. The van der Waals surface area contributed by atoms with E-state index in [1.165, 1.54) is 21.1 Å². The molecule has 0 saturated heterocycles. The Kier molecular flexibility index (Phi) is 5.82. The molecule has 4 aromatic rings. The predicted octanol–water partition coefficient (Wildman–Crippen LogP) is 0.873. The molecular weight excluding hydrogens is 424 g/mol. The maximum atomic E-state index is 13.4. The van der Waals surface area contributed by atoms with Gasteiger partial charge in [0.15, 0.2) is 0 Å².